The topological polar surface area (TPSA) is 15.3 Å². The molecular formula is C17H23F3N2. The number of benzene rings is 1. The Morgan fingerprint density at radius 2 is 2.05 bits per heavy atom. The maximum absolute atomic E-state index is 12.3. The minimum atomic E-state index is -4.09. The van der Waals surface area contributed by atoms with Gasteiger partial charge in [-0.05, 0) is 37.9 Å². The summed E-state index contributed by atoms with van der Waals surface area (Å²) in [6, 6.07) is 10.1. The van der Waals surface area contributed by atoms with Gasteiger partial charge in [0.1, 0.15) is 0 Å². The third-order valence-electron chi connectivity index (χ3n) is 3.82. The number of halogens is 3. The first kappa shape index (κ1) is 17.0. The van der Waals surface area contributed by atoms with Gasteiger partial charge in [0.05, 0.1) is 6.54 Å². The van der Waals surface area contributed by atoms with E-state index in [4.69, 9.17) is 0 Å². The van der Waals surface area contributed by atoms with E-state index in [1.54, 1.807) is 0 Å². The summed E-state index contributed by atoms with van der Waals surface area (Å²) in [7, 11) is 0. The molecule has 1 unspecified atom stereocenters. The van der Waals surface area contributed by atoms with Gasteiger partial charge in [0.15, 0.2) is 0 Å². The number of alkyl halides is 3. The van der Waals surface area contributed by atoms with Crippen molar-refractivity contribution in [2.24, 2.45) is 5.92 Å². The number of nitrogens with one attached hydrogen (secondary N) is 1. The third-order valence-corrected chi connectivity index (χ3v) is 3.82. The van der Waals surface area contributed by atoms with Crippen molar-refractivity contribution in [2.75, 3.05) is 32.7 Å². The maximum atomic E-state index is 12.3. The van der Waals surface area contributed by atoms with Crippen molar-refractivity contribution in [2.45, 2.75) is 19.5 Å². The monoisotopic (exact) mass is 312 g/mol. The van der Waals surface area contributed by atoms with Crippen LogP contribution in [0.25, 0.3) is 6.08 Å². The fraction of sp³-hybridized carbons (Fsp3) is 0.529. The first-order chi connectivity index (χ1) is 10.4. The summed E-state index contributed by atoms with van der Waals surface area (Å²) in [5.41, 5.74) is 2.38. The maximum Gasteiger partial charge on any atom is 0.401 e. The molecule has 1 aromatic carbocycles. The molecule has 1 aliphatic rings. The van der Waals surface area contributed by atoms with Crippen LogP contribution in [-0.4, -0.2) is 43.8 Å². The quantitative estimate of drug-likeness (QED) is 0.864. The summed E-state index contributed by atoms with van der Waals surface area (Å²) in [6.45, 7) is 3.90. The lowest BCUT2D eigenvalue weighted by atomic mass is 10.1. The zero-order chi connectivity index (χ0) is 16.0. The van der Waals surface area contributed by atoms with E-state index in [1.165, 1.54) is 16.0 Å². The van der Waals surface area contributed by atoms with Gasteiger partial charge in [-0.1, -0.05) is 42.0 Å². The Morgan fingerprint density at radius 3 is 2.73 bits per heavy atom. The minimum absolute atomic E-state index is 0.312. The van der Waals surface area contributed by atoms with Crippen molar-refractivity contribution >= 4 is 6.08 Å². The molecule has 2 rings (SSSR count). The van der Waals surface area contributed by atoms with Crippen LogP contribution in [0, 0.1) is 5.92 Å². The predicted molar refractivity (Wildman–Crippen MR) is 83.6 cm³/mol. The van der Waals surface area contributed by atoms with E-state index in [2.05, 4.69) is 30.4 Å². The average molecular weight is 312 g/mol. The van der Waals surface area contributed by atoms with Crippen molar-refractivity contribution in [1.29, 1.82) is 0 Å². The smallest absolute Gasteiger partial charge is 0.313 e. The normalized spacial score (nSPS) is 20.5. The molecule has 1 aromatic rings. The molecule has 1 aliphatic heterocycles. The van der Waals surface area contributed by atoms with Gasteiger partial charge in [0, 0.05) is 13.1 Å². The van der Waals surface area contributed by atoms with E-state index >= 15 is 0 Å². The van der Waals surface area contributed by atoms with Crippen LogP contribution in [-0.2, 0) is 0 Å². The van der Waals surface area contributed by atoms with Gasteiger partial charge >= 0.3 is 6.18 Å². The summed E-state index contributed by atoms with van der Waals surface area (Å²) >= 11 is 0. The van der Waals surface area contributed by atoms with Gasteiger partial charge in [-0.2, -0.15) is 13.2 Å². The lowest BCUT2D eigenvalue weighted by Gasteiger charge is -2.18. The summed E-state index contributed by atoms with van der Waals surface area (Å²) in [6.07, 6.45) is -1.13. The molecule has 0 aromatic heterocycles. The van der Waals surface area contributed by atoms with Crippen LogP contribution in [0.1, 0.15) is 18.9 Å². The van der Waals surface area contributed by atoms with Crippen LogP contribution in [0.2, 0.25) is 0 Å². The van der Waals surface area contributed by atoms with Crippen molar-refractivity contribution in [3.63, 3.8) is 0 Å². The van der Waals surface area contributed by atoms with Crippen molar-refractivity contribution < 1.29 is 13.2 Å². The zero-order valence-electron chi connectivity index (χ0n) is 12.9. The highest BCUT2D eigenvalue weighted by atomic mass is 19.4. The van der Waals surface area contributed by atoms with Gasteiger partial charge in [-0.15, -0.1) is 0 Å². The van der Waals surface area contributed by atoms with E-state index in [-0.39, 0.29) is 0 Å². The number of likely N-dealkylation sites (tertiary alicyclic amines) is 1. The van der Waals surface area contributed by atoms with Gasteiger partial charge in [-0.25, -0.2) is 0 Å². The molecule has 2 nitrogen and oxygen atoms in total. The molecule has 1 atom stereocenters. The van der Waals surface area contributed by atoms with Gasteiger partial charge in [0.25, 0.3) is 0 Å². The molecule has 0 radical (unpaired) electrons. The molecule has 22 heavy (non-hydrogen) atoms. The lowest BCUT2D eigenvalue weighted by molar-refractivity contribution is -0.143. The Bertz CT molecular complexity index is 482. The minimum Gasteiger partial charge on any atom is -0.313 e. The molecular weight excluding hydrogens is 289 g/mol. The Morgan fingerprint density at radius 1 is 1.32 bits per heavy atom. The lowest BCUT2D eigenvalue weighted by Crippen LogP contribution is -2.33. The molecule has 122 valence electrons. The van der Waals surface area contributed by atoms with E-state index in [0.29, 0.717) is 19.0 Å². The second kappa shape index (κ2) is 7.79. The van der Waals surface area contributed by atoms with E-state index in [0.717, 1.165) is 19.5 Å². The van der Waals surface area contributed by atoms with E-state index in [9.17, 15) is 13.2 Å². The summed E-state index contributed by atoms with van der Waals surface area (Å²) in [5.74, 6) is 0.312. The highest BCUT2D eigenvalue weighted by Crippen LogP contribution is 2.22. The molecule has 0 saturated carbocycles. The fourth-order valence-electron chi connectivity index (χ4n) is 2.83. The molecule has 0 bridgehead atoms. The van der Waals surface area contributed by atoms with E-state index in [1.807, 2.05) is 18.2 Å². The number of hydrogen-bond acceptors (Lipinski definition) is 2. The highest BCUT2D eigenvalue weighted by Gasteiger charge is 2.34. The Labute approximate surface area is 130 Å². The molecule has 1 N–H and O–H groups in total. The van der Waals surface area contributed by atoms with Crippen molar-refractivity contribution in [3.8, 4) is 0 Å². The second-order valence-electron chi connectivity index (χ2n) is 6.04. The molecule has 1 heterocycles. The number of rotatable bonds is 6. The zero-order valence-corrected chi connectivity index (χ0v) is 12.9. The van der Waals surface area contributed by atoms with Crippen LogP contribution in [0.15, 0.2) is 35.9 Å². The molecule has 0 amide bonds. The highest BCUT2D eigenvalue weighted by molar-refractivity contribution is 5.52. The number of nitrogens with zero attached hydrogens (tertiary/aromatic N) is 1. The van der Waals surface area contributed by atoms with E-state index < -0.39 is 12.7 Å². The second-order valence-corrected chi connectivity index (χ2v) is 6.04. The number of hydrogen-bond donors (Lipinski definition) is 1. The van der Waals surface area contributed by atoms with Crippen LogP contribution >= 0.6 is 0 Å². The standard InChI is InChI=1S/C17H23F3N2/c1-14(9-15-5-3-2-4-6-15)10-21-11-16-7-8-22(12-16)13-17(18,19)20/h2-6,9,16,21H,7-8,10-13H2,1H3/b14-9-. The summed E-state index contributed by atoms with van der Waals surface area (Å²) in [5, 5.41) is 3.35. The van der Waals surface area contributed by atoms with Crippen LogP contribution < -0.4 is 5.32 Å². The molecule has 5 heteroatoms. The summed E-state index contributed by atoms with van der Waals surface area (Å²) in [4.78, 5) is 1.50. The first-order valence-electron chi connectivity index (χ1n) is 7.64. The molecule has 1 fully saturated rings. The SMILES string of the molecule is C/C(=C/c1ccccc1)CNCC1CCN(CC(F)(F)F)C1. The molecule has 1 saturated heterocycles. The predicted octanol–water partition coefficient (Wildman–Crippen LogP) is 3.56. The fourth-order valence-corrected chi connectivity index (χ4v) is 2.83. The Balaban J connectivity index is 1.68. The van der Waals surface area contributed by atoms with Crippen molar-refractivity contribution in [3.05, 3.63) is 41.5 Å². The third kappa shape index (κ3) is 6.20. The first-order valence-corrected chi connectivity index (χ1v) is 7.64. The van der Waals surface area contributed by atoms with Crippen LogP contribution in [0.3, 0.4) is 0 Å². The largest absolute Gasteiger partial charge is 0.401 e. The van der Waals surface area contributed by atoms with Gasteiger partial charge < -0.3 is 5.32 Å². The van der Waals surface area contributed by atoms with Crippen LogP contribution in [0.5, 0.6) is 0 Å². The Hall–Kier alpha value is -1.33. The van der Waals surface area contributed by atoms with Gasteiger partial charge in [-0.3, -0.25) is 4.90 Å². The van der Waals surface area contributed by atoms with Crippen molar-refractivity contribution in [1.82, 2.24) is 10.2 Å². The van der Waals surface area contributed by atoms with Gasteiger partial charge in [0.2, 0.25) is 0 Å². The Kier molecular flexibility index (Phi) is 6.03. The van der Waals surface area contributed by atoms with Crippen LogP contribution in [0.4, 0.5) is 13.2 Å². The molecule has 0 aliphatic carbocycles. The summed E-state index contributed by atoms with van der Waals surface area (Å²) < 4.78 is 37.0. The average Bonchev–Trinajstić information content (AvgIpc) is 2.85. The molecule has 0 spiro atoms.